The van der Waals surface area contributed by atoms with E-state index >= 15 is 0 Å². The van der Waals surface area contributed by atoms with Gasteiger partial charge >= 0.3 is 0 Å². The van der Waals surface area contributed by atoms with E-state index in [4.69, 9.17) is 0 Å². The van der Waals surface area contributed by atoms with Crippen LogP contribution in [0.25, 0.3) is 0 Å². The maximum Gasteiger partial charge on any atom is 0.295 e. The summed E-state index contributed by atoms with van der Waals surface area (Å²) in [7, 11) is -3.72. The molecule has 3 rings (SSSR count). The quantitative estimate of drug-likeness (QED) is 0.409. The van der Waals surface area contributed by atoms with Gasteiger partial charge in [-0.25, -0.2) is 8.42 Å². The molecule has 2 aromatic rings. The van der Waals surface area contributed by atoms with Crippen LogP contribution in [0.2, 0.25) is 0 Å². The van der Waals surface area contributed by atoms with Crippen molar-refractivity contribution in [3.8, 4) is 0 Å². The third-order valence-corrected chi connectivity index (χ3v) is 6.56. The lowest BCUT2D eigenvalue weighted by molar-refractivity contribution is -0.384. The molecule has 10 heteroatoms. The van der Waals surface area contributed by atoms with Crippen molar-refractivity contribution >= 4 is 43.5 Å². The largest absolute Gasteiger partial charge is 0.295 e. The van der Waals surface area contributed by atoms with Crippen LogP contribution in [-0.4, -0.2) is 37.0 Å². The molecule has 27 heavy (non-hydrogen) atoms. The van der Waals surface area contributed by atoms with Gasteiger partial charge in [0.15, 0.2) is 0 Å². The molecule has 1 N–H and O–H groups in total. The third-order valence-electron chi connectivity index (χ3n) is 4.14. The SMILES string of the molecule is O=[N+]([O-])c1cc(S(=O)(=O)N2CCCC2)ccc1N/N=C/c1ccc(Br)cc1. The van der Waals surface area contributed by atoms with Gasteiger partial charge in [-0.2, -0.15) is 9.41 Å². The highest BCUT2D eigenvalue weighted by Crippen LogP contribution is 2.30. The molecule has 0 bridgehead atoms. The molecule has 0 amide bonds. The number of halogens is 1. The van der Waals surface area contributed by atoms with E-state index in [1.807, 2.05) is 24.3 Å². The lowest BCUT2D eigenvalue weighted by Gasteiger charge is -2.15. The van der Waals surface area contributed by atoms with Gasteiger partial charge in [-0.1, -0.05) is 28.1 Å². The van der Waals surface area contributed by atoms with Crippen LogP contribution in [0.5, 0.6) is 0 Å². The van der Waals surface area contributed by atoms with Crippen LogP contribution in [0.3, 0.4) is 0 Å². The zero-order chi connectivity index (χ0) is 19.4. The van der Waals surface area contributed by atoms with Crippen molar-refractivity contribution in [2.45, 2.75) is 17.7 Å². The fourth-order valence-corrected chi connectivity index (χ4v) is 4.52. The number of nitrogens with one attached hydrogen (secondary N) is 1. The maximum absolute atomic E-state index is 12.6. The molecule has 142 valence electrons. The highest BCUT2D eigenvalue weighted by Gasteiger charge is 2.29. The molecule has 1 saturated heterocycles. The predicted molar refractivity (Wildman–Crippen MR) is 106 cm³/mol. The average molecular weight is 453 g/mol. The molecule has 1 fully saturated rings. The van der Waals surface area contributed by atoms with Crippen LogP contribution in [0, 0.1) is 10.1 Å². The number of nitro benzene ring substituents is 1. The minimum atomic E-state index is -3.72. The monoisotopic (exact) mass is 452 g/mol. The Morgan fingerprint density at radius 1 is 1.15 bits per heavy atom. The van der Waals surface area contributed by atoms with Crippen LogP contribution < -0.4 is 5.43 Å². The number of hydrogen-bond donors (Lipinski definition) is 1. The summed E-state index contributed by atoms with van der Waals surface area (Å²) in [4.78, 5) is 10.7. The van der Waals surface area contributed by atoms with Crippen LogP contribution in [0.4, 0.5) is 11.4 Å². The predicted octanol–water partition coefficient (Wildman–Crippen LogP) is 3.59. The highest BCUT2D eigenvalue weighted by molar-refractivity contribution is 9.10. The van der Waals surface area contributed by atoms with Crippen LogP contribution in [0.15, 0.2) is 56.9 Å². The molecule has 1 aliphatic rings. The molecule has 0 aromatic heterocycles. The van der Waals surface area contributed by atoms with Crippen molar-refractivity contribution in [3.05, 3.63) is 62.6 Å². The lowest BCUT2D eigenvalue weighted by Crippen LogP contribution is -2.27. The van der Waals surface area contributed by atoms with E-state index < -0.39 is 14.9 Å². The summed E-state index contributed by atoms with van der Waals surface area (Å²) < 4.78 is 27.5. The van der Waals surface area contributed by atoms with Gasteiger partial charge in [-0.3, -0.25) is 15.5 Å². The molecule has 0 saturated carbocycles. The Hall–Kier alpha value is -2.30. The zero-order valence-corrected chi connectivity index (χ0v) is 16.6. The van der Waals surface area contributed by atoms with Gasteiger partial charge in [-0.15, -0.1) is 0 Å². The van der Waals surface area contributed by atoms with Gasteiger partial charge in [0.1, 0.15) is 5.69 Å². The molecule has 8 nitrogen and oxygen atoms in total. The van der Waals surface area contributed by atoms with Gasteiger partial charge in [0.05, 0.1) is 16.0 Å². The van der Waals surface area contributed by atoms with Crippen molar-refractivity contribution in [1.29, 1.82) is 0 Å². The van der Waals surface area contributed by atoms with Crippen molar-refractivity contribution in [2.75, 3.05) is 18.5 Å². The zero-order valence-electron chi connectivity index (χ0n) is 14.2. The summed E-state index contributed by atoms with van der Waals surface area (Å²) in [5, 5.41) is 15.4. The fourth-order valence-electron chi connectivity index (χ4n) is 2.72. The number of hydrogen-bond acceptors (Lipinski definition) is 6. The molecular weight excluding hydrogens is 436 g/mol. The van der Waals surface area contributed by atoms with Gasteiger partial charge in [0.2, 0.25) is 10.0 Å². The normalized spacial score (nSPS) is 15.3. The van der Waals surface area contributed by atoms with E-state index in [0.717, 1.165) is 28.9 Å². The summed E-state index contributed by atoms with van der Waals surface area (Å²) in [6.45, 7) is 0.876. The van der Waals surface area contributed by atoms with Crippen LogP contribution >= 0.6 is 15.9 Å². The Morgan fingerprint density at radius 3 is 2.44 bits per heavy atom. The molecule has 0 atom stereocenters. The molecule has 0 unspecified atom stereocenters. The number of hydrazone groups is 1. The first-order chi connectivity index (χ1) is 12.9. The van der Waals surface area contributed by atoms with Gasteiger partial charge < -0.3 is 0 Å². The van der Waals surface area contributed by atoms with Gasteiger partial charge in [0, 0.05) is 23.6 Å². The number of nitrogens with zero attached hydrogens (tertiary/aromatic N) is 3. The Bertz CT molecular complexity index is 971. The van der Waals surface area contributed by atoms with Crippen LogP contribution in [0.1, 0.15) is 18.4 Å². The highest BCUT2D eigenvalue weighted by atomic mass is 79.9. The second kappa shape index (κ2) is 8.15. The van der Waals surface area contributed by atoms with E-state index in [1.54, 1.807) is 0 Å². The summed E-state index contributed by atoms with van der Waals surface area (Å²) in [6, 6.07) is 11.2. The second-order valence-corrected chi connectivity index (χ2v) is 8.82. The standard InChI is InChI=1S/C17H17BrN4O4S/c18-14-5-3-13(4-6-14)12-19-20-16-8-7-15(11-17(16)22(23)24)27(25,26)21-9-1-2-10-21/h3-8,11-12,20H,1-2,9-10H2/b19-12+. The smallest absolute Gasteiger partial charge is 0.272 e. The molecule has 1 heterocycles. The molecule has 0 aliphatic carbocycles. The number of nitro groups is 1. The Kier molecular flexibility index (Phi) is 5.88. The first-order valence-corrected chi connectivity index (χ1v) is 10.4. The first-order valence-electron chi connectivity index (χ1n) is 8.21. The summed E-state index contributed by atoms with van der Waals surface area (Å²) in [5.74, 6) is 0. The number of rotatable bonds is 6. The maximum atomic E-state index is 12.6. The Balaban J connectivity index is 1.83. The minimum Gasteiger partial charge on any atom is -0.272 e. The van der Waals surface area contributed by atoms with Gasteiger partial charge in [-0.05, 0) is 42.7 Å². The Morgan fingerprint density at radius 2 is 1.81 bits per heavy atom. The first kappa shape index (κ1) is 19.5. The van der Waals surface area contributed by atoms with Crippen molar-refractivity contribution in [3.63, 3.8) is 0 Å². The van der Waals surface area contributed by atoms with Gasteiger partial charge in [0.25, 0.3) is 5.69 Å². The van der Waals surface area contributed by atoms with E-state index in [2.05, 4.69) is 26.5 Å². The van der Waals surface area contributed by atoms with Crippen LogP contribution in [-0.2, 0) is 10.0 Å². The van der Waals surface area contributed by atoms with E-state index in [1.165, 1.54) is 22.7 Å². The van der Waals surface area contributed by atoms with Crippen molar-refractivity contribution in [2.24, 2.45) is 5.10 Å². The summed E-state index contributed by atoms with van der Waals surface area (Å²) >= 11 is 3.34. The van der Waals surface area contributed by atoms with E-state index in [0.29, 0.717) is 13.1 Å². The topological polar surface area (TPSA) is 105 Å². The fraction of sp³-hybridized carbons (Fsp3) is 0.235. The number of benzene rings is 2. The number of sulfonamides is 1. The van der Waals surface area contributed by atoms with Crippen molar-refractivity contribution < 1.29 is 13.3 Å². The molecular formula is C17H17BrN4O4S. The molecule has 1 aliphatic heterocycles. The van der Waals surface area contributed by atoms with E-state index in [-0.39, 0.29) is 16.3 Å². The molecule has 2 aromatic carbocycles. The second-order valence-electron chi connectivity index (χ2n) is 5.97. The minimum absolute atomic E-state index is 0.0847. The average Bonchev–Trinajstić information content (AvgIpc) is 3.19. The van der Waals surface area contributed by atoms with Crippen molar-refractivity contribution in [1.82, 2.24) is 4.31 Å². The lowest BCUT2D eigenvalue weighted by atomic mass is 10.2. The Labute approximate surface area is 165 Å². The molecule has 0 radical (unpaired) electrons. The van der Waals surface area contributed by atoms with E-state index in [9.17, 15) is 18.5 Å². The summed E-state index contributed by atoms with van der Waals surface area (Å²) in [6.07, 6.45) is 3.11. The number of anilines is 1. The molecule has 0 spiro atoms. The summed E-state index contributed by atoms with van der Waals surface area (Å²) in [5.41, 5.74) is 3.20. The third kappa shape index (κ3) is 4.52.